The van der Waals surface area contributed by atoms with Crippen LogP contribution in [0.1, 0.15) is 11.1 Å². The normalized spacial score (nSPS) is 13.1. The standard InChI is InChI=1S/C11H12F3NO4/c1-19-8-3-2-6(11(12,13)14)5(9(8)16)4-7(15)10(17)18/h2-3,7,16H,4,15H2,1H3,(H,17,18). The Morgan fingerprint density at radius 2 is 2.05 bits per heavy atom. The highest BCUT2D eigenvalue weighted by molar-refractivity contribution is 5.74. The molecule has 19 heavy (non-hydrogen) atoms. The van der Waals surface area contributed by atoms with E-state index in [1.54, 1.807) is 0 Å². The van der Waals surface area contributed by atoms with E-state index in [2.05, 4.69) is 4.74 Å². The lowest BCUT2D eigenvalue weighted by Gasteiger charge is -2.17. The average Bonchev–Trinajstić information content (AvgIpc) is 2.29. The number of hydrogen-bond donors (Lipinski definition) is 3. The molecule has 106 valence electrons. The Bertz CT molecular complexity index is 488. The lowest BCUT2D eigenvalue weighted by Crippen LogP contribution is -2.33. The van der Waals surface area contributed by atoms with Crippen molar-refractivity contribution in [2.75, 3.05) is 7.11 Å². The molecule has 0 spiro atoms. The third kappa shape index (κ3) is 3.28. The van der Waals surface area contributed by atoms with Crippen molar-refractivity contribution in [1.82, 2.24) is 0 Å². The summed E-state index contributed by atoms with van der Waals surface area (Å²) < 4.78 is 43.0. The monoisotopic (exact) mass is 279 g/mol. The third-order valence-electron chi connectivity index (χ3n) is 2.51. The highest BCUT2D eigenvalue weighted by Gasteiger charge is 2.36. The molecule has 4 N–H and O–H groups in total. The van der Waals surface area contributed by atoms with E-state index in [1.807, 2.05) is 0 Å². The summed E-state index contributed by atoms with van der Waals surface area (Å²) in [6.07, 6.45) is -5.38. The number of nitrogens with two attached hydrogens (primary N) is 1. The minimum atomic E-state index is -4.72. The fraction of sp³-hybridized carbons (Fsp3) is 0.364. The zero-order valence-electron chi connectivity index (χ0n) is 9.86. The van der Waals surface area contributed by atoms with Gasteiger partial charge in [0.25, 0.3) is 0 Å². The molecule has 0 aromatic heterocycles. The van der Waals surface area contributed by atoms with Gasteiger partial charge in [-0.3, -0.25) is 4.79 Å². The number of methoxy groups -OCH3 is 1. The Morgan fingerprint density at radius 1 is 1.47 bits per heavy atom. The first-order chi connectivity index (χ1) is 8.68. The van der Waals surface area contributed by atoms with Crippen molar-refractivity contribution in [1.29, 1.82) is 0 Å². The van der Waals surface area contributed by atoms with E-state index in [1.165, 1.54) is 7.11 Å². The van der Waals surface area contributed by atoms with Crippen molar-refractivity contribution >= 4 is 5.97 Å². The van der Waals surface area contributed by atoms with Crippen LogP contribution in [-0.4, -0.2) is 29.3 Å². The summed E-state index contributed by atoms with van der Waals surface area (Å²) in [6.45, 7) is 0. The molecule has 1 unspecified atom stereocenters. The number of rotatable bonds is 4. The average molecular weight is 279 g/mol. The lowest BCUT2D eigenvalue weighted by molar-refractivity contribution is -0.141. The van der Waals surface area contributed by atoms with Crippen LogP contribution >= 0.6 is 0 Å². The number of aliphatic carboxylic acids is 1. The van der Waals surface area contributed by atoms with Crippen molar-refractivity contribution in [2.24, 2.45) is 5.73 Å². The molecule has 1 atom stereocenters. The van der Waals surface area contributed by atoms with Crippen LogP contribution in [0.3, 0.4) is 0 Å². The second-order valence-corrected chi connectivity index (χ2v) is 3.79. The predicted octanol–water partition coefficient (Wildman–Crippen LogP) is 1.37. The van der Waals surface area contributed by atoms with E-state index in [4.69, 9.17) is 10.8 Å². The van der Waals surface area contributed by atoms with E-state index in [0.717, 1.165) is 6.07 Å². The first-order valence-corrected chi connectivity index (χ1v) is 5.13. The Morgan fingerprint density at radius 3 is 2.47 bits per heavy atom. The summed E-state index contributed by atoms with van der Waals surface area (Å²) in [5.74, 6) is -2.40. The summed E-state index contributed by atoms with van der Waals surface area (Å²) in [7, 11) is 1.17. The quantitative estimate of drug-likeness (QED) is 0.774. The fourth-order valence-corrected chi connectivity index (χ4v) is 1.56. The number of carbonyl (C=O) groups is 1. The first kappa shape index (κ1) is 15.1. The van der Waals surface area contributed by atoms with Gasteiger partial charge >= 0.3 is 12.1 Å². The first-order valence-electron chi connectivity index (χ1n) is 5.13. The predicted molar refractivity (Wildman–Crippen MR) is 59.0 cm³/mol. The number of hydrogen-bond acceptors (Lipinski definition) is 4. The van der Waals surface area contributed by atoms with Crippen molar-refractivity contribution in [3.05, 3.63) is 23.3 Å². The number of ether oxygens (including phenoxy) is 1. The number of benzene rings is 1. The molecule has 1 aromatic carbocycles. The molecule has 5 nitrogen and oxygen atoms in total. The van der Waals surface area contributed by atoms with Gasteiger partial charge in [-0.05, 0) is 12.1 Å². The van der Waals surface area contributed by atoms with E-state index in [-0.39, 0.29) is 5.75 Å². The van der Waals surface area contributed by atoms with Crippen LogP contribution in [-0.2, 0) is 17.4 Å². The second-order valence-electron chi connectivity index (χ2n) is 3.79. The largest absolute Gasteiger partial charge is 0.504 e. The second kappa shape index (κ2) is 5.35. The molecule has 0 aliphatic rings. The van der Waals surface area contributed by atoms with Crippen molar-refractivity contribution < 1.29 is 32.9 Å². The number of carboxylic acid groups (broad SMARTS) is 1. The molecule has 1 aromatic rings. The van der Waals surface area contributed by atoms with Gasteiger partial charge in [0.2, 0.25) is 0 Å². The van der Waals surface area contributed by atoms with Gasteiger partial charge in [-0.2, -0.15) is 13.2 Å². The molecule has 0 heterocycles. The molecule has 0 aliphatic carbocycles. The van der Waals surface area contributed by atoms with Crippen LogP contribution < -0.4 is 10.5 Å². The maximum Gasteiger partial charge on any atom is 0.416 e. The van der Waals surface area contributed by atoms with Crippen LogP contribution in [0.5, 0.6) is 11.5 Å². The van der Waals surface area contributed by atoms with E-state index in [9.17, 15) is 23.1 Å². The summed E-state index contributed by atoms with van der Waals surface area (Å²) in [5.41, 5.74) is 3.47. The smallest absolute Gasteiger partial charge is 0.416 e. The minimum Gasteiger partial charge on any atom is -0.504 e. The van der Waals surface area contributed by atoms with Gasteiger partial charge in [0.1, 0.15) is 6.04 Å². The van der Waals surface area contributed by atoms with E-state index < -0.39 is 41.5 Å². The Balaban J connectivity index is 3.34. The Hall–Kier alpha value is -1.96. The van der Waals surface area contributed by atoms with Gasteiger partial charge in [0, 0.05) is 12.0 Å². The van der Waals surface area contributed by atoms with Crippen LogP contribution in [0.2, 0.25) is 0 Å². The van der Waals surface area contributed by atoms with Crippen LogP contribution in [0.4, 0.5) is 13.2 Å². The summed E-state index contributed by atoms with van der Waals surface area (Å²) in [4.78, 5) is 10.6. The molecule has 8 heteroatoms. The fourth-order valence-electron chi connectivity index (χ4n) is 1.56. The van der Waals surface area contributed by atoms with Crippen LogP contribution in [0.25, 0.3) is 0 Å². The summed E-state index contributed by atoms with van der Waals surface area (Å²) in [5, 5.41) is 18.3. The van der Waals surface area contributed by atoms with Gasteiger partial charge in [-0.1, -0.05) is 0 Å². The molecule has 1 rings (SSSR count). The Kier molecular flexibility index (Phi) is 4.25. The molecule has 0 bridgehead atoms. The van der Waals surface area contributed by atoms with Crippen LogP contribution in [0.15, 0.2) is 12.1 Å². The number of halogens is 3. The van der Waals surface area contributed by atoms with Crippen molar-refractivity contribution in [3.63, 3.8) is 0 Å². The van der Waals surface area contributed by atoms with Crippen molar-refractivity contribution in [2.45, 2.75) is 18.6 Å². The lowest BCUT2D eigenvalue weighted by atomic mass is 9.98. The molecule has 0 saturated carbocycles. The SMILES string of the molecule is COc1ccc(C(F)(F)F)c(CC(N)C(=O)O)c1O. The number of phenolic OH excluding ortho intramolecular Hbond substituents is 1. The molecule has 0 radical (unpaired) electrons. The van der Waals surface area contributed by atoms with Gasteiger partial charge in [0.05, 0.1) is 12.7 Å². The van der Waals surface area contributed by atoms with Gasteiger partial charge in [-0.15, -0.1) is 0 Å². The highest BCUT2D eigenvalue weighted by atomic mass is 19.4. The maximum absolute atomic E-state index is 12.8. The summed E-state index contributed by atoms with van der Waals surface area (Å²) in [6, 6.07) is 0.107. The maximum atomic E-state index is 12.8. The van der Waals surface area contributed by atoms with E-state index >= 15 is 0 Å². The molecule has 0 aliphatic heterocycles. The topological polar surface area (TPSA) is 92.8 Å². The molecule has 0 fully saturated rings. The highest BCUT2D eigenvalue weighted by Crippen LogP contribution is 2.40. The number of alkyl halides is 3. The van der Waals surface area contributed by atoms with E-state index in [0.29, 0.717) is 6.07 Å². The molecular formula is C11H12F3NO4. The minimum absolute atomic E-state index is 0.180. The third-order valence-corrected chi connectivity index (χ3v) is 2.51. The summed E-state index contributed by atoms with van der Waals surface area (Å²) >= 11 is 0. The molecule has 0 amide bonds. The van der Waals surface area contributed by atoms with Gasteiger partial charge < -0.3 is 20.7 Å². The van der Waals surface area contributed by atoms with Crippen molar-refractivity contribution in [3.8, 4) is 11.5 Å². The van der Waals surface area contributed by atoms with Crippen LogP contribution in [0, 0.1) is 0 Å². The number of phenols is 1. The molecular weight excluding hydrogens is 267 g/mol. The number of aromatic hydroxyl groups is 1. The Labute approximate surface area is 106 Å². The zero-order valence-corrected chi connectivity index (χ0v) is 9.86. The van der Waals surface area contributed by atoms with Gasteiger partial charge in [-0.25, -0.2) is 0 Å². The zero-order chi connectivity index (χ0) is 14.8. The van der Waals surface area contributed by atoms with Gasteiger partial charge in [0.15, 0.2) is 11.5 Å². The molecule has 0 saturated heterocycles. The number of carboxylic acids is 1.